The van der Waals surface area contributed by atoms with E-state index in [1.807, 2.05) is 18.2 Å². The fourth-order valence-corrected chi connectivity index (χ4v) is 2.85. The van der Waals surface area contributed by atoms with E-state index in [0.29, 0.717) is 16.5 Å². The second-order valence-corrected chi connectivity index (χ2v) is 6.03. The summed E-state index contributed by atoms with van der Waals surface area (Å²) in [6.07, 6.45) is 1.59. The third-order valence-electron chi connectivity index (χ3n) is 4.27. The van der Waals surface area contributed by atoms with Gasteiger partial charge in [0.25, 0.3) is 0 Å². The third kappa shape index (κ3) is 4.03. The van der Waals surface area contributed by atoms with Crippen LogP contribution in [0.25, 0.3) is 10.9 Å². The molecule has 144 valence electrons. The van der Waals surface area contributed by atoms with Gasteiger partial charge >= 0.3 is 17.9 Å². The molecule has 7 nitrogen and oxygen atoms in total. The number of carbonyl (C=O) groups excluding carboxylic acids is 3. The Bertz CT molecular complexity index is 1020. The molecule has 3 aromatic rings. The molecular weight excluding hydrogens is 362 g/mol. The van der Waals surface area contributed by atoms with Crippen LogP contribution in [0.1, 0.15) is 26.3 Å². The molecule has 0 atom stereocenters. The van der Waals surface area contributed by atoms with E-state index in [1.54, 1.807) is 41.1 Å². The molecule has 0 fully saturated rings. The largest absolute Gasteiger partial charge is 0.465 e. The Balaban J connectivity index is 1.68. The molecule has 0 aliphatic heterocycles. The molecule has 0 bridgehead atoms. The first-order chi connectivity index (χ1) is 13.5. The van der Waals surface area contributed by atoms with Crippen molar-refractivity contribution in [3.8, 4) is 0 Å². The minimum Gasteiger partial charge on any atom is -0.465 e. The molecule has 0 amide bonds. The molecule has 1 aromatic heterocycles. The van der Waals surface area contributed by atoms with Crippen LogP contribution in [0.5, 0.6) is 0 Å². The monoisotopic (exact) mass is 381 g/mol. The molecule has 7 heteroatoms. The first-order valence-corrected chi connectivity index (χ1v) is 8.52. The summed E-state index contributed by atoms with van der Waals surface area (Å²) in [7, 11) is 2.63. The van der Waals surface area contributed by atoms with E-state index >= 15 is 0 Å². The van der Waals surface area contributed by atoms with Crippen molar-refractivity contribution in [2.45, 2.75) is 13.2 Å². The van der Waals surface area contributed by atoms with Gasteiger partial charge in [-0.05, 0) is 23.8 Å². The van der Waals surface area contributed by atoms with Crippen LogP contribution in [-0.4, -0.2) is 36.7 Å². The molecule has 0 unspecified atom stereocenters. The van der Waals surface area contributed by atoms with Gasteiger partial charge in [-0.3, -0.25) is 4.79 Å². The highest BCUT2D eigenvalue weighted by atomic mass is 16.5. The van der Waals surface area contributed by atoms with Gasteiger partial charge in [0.1, 0.15) is 13.2 Å². The van der Waals surface area contributed by atoms with Gasteiger partial charge in [-0.1, -0.05) is 30.3 Å². The minimum atomic E-state index is -0.464. The van der Waals surface area contributed by atoms with E-state index < -0.39 is 17.9 Å². The highest BCUT2D eigenvalue weighted by Crippen LogP contribution is 2.22. The summed E-state index contributed by atoms with van der Waals surface area (Å²) in [5.41, 5.74) is 2.30. The highest BCUT2D eigenvalue weighted by molar-refractivity contribution is 6.04. The van der Waals surface area contributed by atoms with Gasteiger partial charge in [0.2, 0.25) is 0 Å². The number of nitrogens with zero attached hydrogens (tertiary/aromatic N) is 1. The van der Waals surface area contributed by atoms with Gasteiger partial charge < -0.3 is 18.8 Å². The number of ether oxygens (including phenoxy) is 3. The molecule has 3 rings (SSSR count). The first kappa shape index (κ1) is 19.2. The molecule has 2 aromatic carbocycles. The predicted molar refractivity (Wildman–Crippen MR) is 101 cm³/mol. The lowest BCUT2D eigenvalue weighted by Gasteiger charge is -2.07. The maximum atomic E-state index is 12.3. The Morgan fingerprint density at radius 1 is 0.893 bits per heavy atom. The molecule has 28 heavy (non-hydrogen) atoms. The number of methoxy groups -OCH3 is 2. The topological polar surface area (TPSA) is 83.8 Å². The van der Waals surface area contributed by atoms with E-state index in [0.717, 1.165) is 11.1 Å². The van der Waals surface area contributed by atoms with E-state index in [2.05, 4.69) is 4.74 Å². The number of hydrogen-bond acceptors (Lipinski definition) is 6. The Morgan fingerprint density at radius 2 is 1.57 bits per heavy atom. The predicted octanol–water partition coefficient (Wildman–Crippen LogP) is 2.96. The smallest absolute Gasteiger partial charge is 0.340 e. The highest BCUT2D eigenvalue weighted by Gasteiger charge is 2.17. The van der Waals surface area contributed by atoms with Crippen LogP contribution in [0.4, 0.5) is 0 Å². The van der Waals surface area contributed by atoms with E-state index in [-0.39, 0.29) is 13.2 Å². The Kier molecular flexibility index (Phi) is 5.74. The van der Waals surface area contributed by atoms with Crippen molar-refractivity contribution >= 4 is 28.8 Å². The van der Waals surface area contributed by atoms with Gasteiger partial charge in [-0.15, -0.1) is 0 Å². The van der Waals surface area contributed by atoms with Crippen molar-refractivity contribution in [3.05, 3.63) is 71.4 Å². The van der Waals surface area contributed by atoms with E-state index in [1.165, 1.54) is 14.2 Å². The number of esters is 3. The SMILES string of the molecule is COC(=O)c1ccc(COC(=O)Cn2cc(C(=O)OC)c3ccccc32)cc1. The molecule has 0 aliphatic carbocycles. The van der Waals surface area contributed by atoms with Crippen LogP contribution in [0, 0.1) is 0 Å². The summed E-state index contributed by atoms with van der Waals surface area (Å²) < 4.78 is 16.4. The maximum absolute atomic E-state index is 12.3. The molecular formula is C21H19NO6. The van der Waals surface area contributed by atoms with Gasteiger partial charge in [-0.2, -0.15) is 0 Å². The van der Waals surface area contributed by atoms with Crippen molar-refractivity contribution in [1.29, 1.82) is 0 Å². The molecule has 0 saturated heterocycles. The Morgan fingerprint density at radius 3 is 2.25 bits per heavy atom. The number of fused-ring (bicyclic) bond motifs is 1. The molecule has 0 spiro atoms. The summed E-state index contributed by atoms with van der Waals surface area (Å²) in [6, 6.07) is 13.9. The van der Waals surface area contributed by atoms with Gasteiger partial charge in [0.05, 0.1) is 25.3 Å². The van der Waals surface area contributed by atoms with E-state index in [9.17, 15) is 14.4 Å². The lowest BCUT2D eigenvalue weighted by Crippen LogP contribution is -2.13. The van der Waals surface area contributed by atoms with Gasteiger partial charge in [0, 0.05) is 17.1 Å². The van der Waals surface area contributed by atoms with Crippen molar-refractivity contribution in [3.63, 3.8) is 0 Å². The fraction of sp³-hybridized carbons (Fsp3) is 0.190. The zero-order chi connectivity index (χ0) is 20.1. The fourth-order valence-electron chi connectivity index (χ4n) is 2.85. The normalized spacial score (nSPS) is 10.5. The van der Waals surface area contributed by atoms with Crippen LogP contribution in [0.2, 0.25) is 0 Å². The van der Waals surface area contributed by atoms with Crippen molar-refractivity contribution in [2.75, 3.05) is 14.2 Å². The molecule has 0 N–H and O–H groups in total. The zero-order valence-corrected chi connectivity index (χ0v) is 15.5. The minimum absolute atomic E-state index is 0.0439. The maximum Gasteiger partial charge on any atom is 0.340 e. The molecule has 0 aliphatic rings. The summed E-state index contributed by atoms with van der Waals surface area (Å²) in [6.45, 7) is 0.0289. The molecule has 1 heterocycles. The van der Waals surface area contributed by atoms with E-state index in [4.69, 9.17) is 9.47 Å². The zero-order valence-electron chi connectivity index (χ0n) is 15.5. The second kappa shape index (κ2) is 8.39. The lowest BCUT2D eigenvalue weighted by molar-refractivity contribution is -0.145. The number of aromatic nitrogens is 1. The molecule has 0 saturated carbocycles. The van der Waals surface area contributed by atoms with Gasteiger partial charge in [-0.25, -0.2) is 9.59 Å². The van der Waals surface area contributed by atoms with Crippen molar-refractivity contribution in [1.82, 2.24) is 4.57 Å². The average molecular weight is 381 g/mol. The quantitative estimate of drug-likeness (QED) is 0.482. The van der Waals surface area contributed by atoms with Crippen LogP contribution in [0.15, 0.2) is 54.7 Å². The second-order valence-electron chi connectivity index (χ2n) is 6.03. The summed E-state index contributed by atoms with van der Waals surface area (Å²) >= 11 is 0. The van der Waals surface area contributed by atoms with Crippen molar-refractivity contribution < 1.29 is 28.6 Å². The van der Waals surface area contributed by atoms with Gasteiger partial charge in [0.15, 0.2) is 0 Å². The number of benzene rings is 2. The Hall–Kier alpha value is -3.61. The standard InChI is InChI=1S/C21H19NO6/c1-26-20(24)15-9-7-14(8-10-15)13-28-19(23)12-22-11-17(21(25)27-2)16-5-3-4-6-18(16)22/h3-11H,12-13H2,1-2H3. The third-order valence-corrected chi connectivity index (χ3v) is 4.27. The van der Waals surface area contributed by atoms with Crippen LogP contribution < -0.4 is 0 Å². The summed E-state index contributed by atoms with van der Waals surface area (Å²) in [5, 5.41) is 0.709. The summed E-state index contributed by atoms with van der Waals surface area (Å²) in [4.78, 5) is 35.6. The summed E-state index contributed by atoms with van der Waals surface area (Å²) in [5.74, 6) is -1.34. The molecule has 0 radical (unpaired) electrons. The van der Waals surface area contributed by atoms with Crippen molar-refractivity contribution in [2.24, 2.45) is 0 Å². The average Bonchev–Trinajstić information content (AvgIpc) is 3.10. The van der Waals surface area contributed by atoms with Crippen LogP contribution in [0.3, 0.4) is 0 Å². The number of para-hydroxylation sites is 1. The first-order valence-electron chi connectivity index (χ1n) is 8.52. The number of rotatable bonds is 6. The van der Waals surface area contributed by atoms with Crippen LogP contribution in [-0.2, 0) is 32.2 Å². The van der Waals surface area contributed by atoms with Crippen LogP contribution >= 0.6 is 0 Å². The number of hydrogen-bond donors (Lipinski definition) is 0. The number of carbonyl (C=O) groups is 3. The Labute approximate surface area is 161 Å². The lowest BCUT2D eigenvalue weighted by atomic mass is 10.1.